The van der Waals surface area contributed by atoms with Crippen molar-refractivity contribution in [1.82, 2.24) is 0 Å². The molecule has 1 spiro atoms. The first-order chi connectivity index (χ1) is 8.03. The van der Waals surface area contributed by atoms with Crippen molar-refractivity contribution in [2.75, 3.05) is 5.32 Å². The van der Waals surface area contributed by atoms with Crippen molar-refractivity contribution in [2.45, 2.75) is 31.8 Å². The van der Waals surface area contributed by atoms with E-state index in [-0.39, 0.29) is 18.1 Å². The predicted octanol–water partition coefficient (Wildman–Crippen LogP) is 2.38. The van der Waals surface area contributed by atoms with Crippen molar-refractivity contribution < 1.29 is 14.3 Å². The Hall–Kier alpha value is -0.910. The molecule has 0 aliphatic carbocycles. The fraction of sp³-hybridized carbons (Fsp3) is 0.417. The molecule has 2 unspecified atom stereocenters. The molecule has 2 aliphatic heterocycles. The molecule has 1 amide bonds. The zero-order chi connectivity index (χ0) is 12.2. The van der Waals surface area contributed by atoms with Gasteiger partial charge in [0.25, 0.3) is 11.7 Å². The third-order valence-corrected chi connectivity index (χ3v) is 3.74. The van der Waals surface area contributed by atoms with Crippen LogP contribution in [0.4, 0.5) is 5.69 Å². The lowest BCUT2D eigenvalue weighted by Crippen LogP contribution is -2.36. The SMILES string of the molecule is CC1OC2(OC1C)C(=O)Nc1ccc(Br)cc12. The van der Waals surface area contributed by atoms with Crippen LogP contribution in [0.15, 0.2) is 22.7 Å². The molecule has 0 saturated carbocycles. The Labute approximate surface area is 107 Å². The van der Waals surface area contributed by atoms with Crippen LogP contribution < -0.4 is 5.32 Å². The fourth-order valence-corrected chi connectivity index (χ4v) is 2.56. The fourth-order valence-electron chi connectivity index (χ4n) is 2.20. The molecule has 4 nitrogen and oxygen atoms in total. The molecule has 0 aromatic heterocycles. The van der Waals surface area contributed by atoms with Gasteiger partial charge >= 0.3 is 0 Å². The minimum absolute atomic E-state index is 0.106. The Kier molecular flexibility index (Phi) is 2.33. The van der Waals surface area contributed by atoms with Gasteiger partial charge in [0, 0.05) is 10.0 Å². The van der Waals surface area contributed by atoms with Crippen molar-refractivity contribution in [3.8, 4) is 0 Å². The average Bonchev–Trinajstić information content (AvgIpc) is 2.70. The van der Waals surface area contributed by atoms with E-state index in [9.17, 15) is 4.79 Å². The summed E-state index contributed by atoms with van der Waals surface area (Å²) in [5.74, 6) is -1.51. The smallest absolute Gasteiger partial charge is 0.289 e. The normalized spacial score (nSPS) is 35.1. The third kappa shape index (κ3) is 1.46. The number of ether oxygens (including phenoxy) is 2. The monoisotopic (exact) mass is 297 g/mol. The maximum atomic E-state index is 12.1. The molecule has 2 atom stereocenters. The molecule has 5 heteroatoms. The van der Waals surface area contributed by atoms with Crippen LogP contribution in [0.3, 0.4) is 0 Å². The van der Waals surface area contributed by atoms with Crippen molar-refractivity contribution in [3.05, 3.63) is 28.2 Å². The van der Waals surface area contributed by atoms with Gasteiger partial charge in [-0.05, 0) is 32.0 Å². The topological polar surface area (TPSA) is 47.6 Å². The number of anilines is 1. The highest BCUT2D eigenvalue weighted by molar-refractivity contribution is 9.10. The van der Waals surface area contributed by atoms with E-state index in [0.29, 0.717) is 0 Å². The van der Waals surface area contributed by atoms with Gasteiger partial charge in [-0.15, -0.1) is 0 Å². The second-order valence-electron chi connectivity index (χ2n) is 4.41. The minimum Gasteiger partial charge on any atom is -0.333 e. The largest absolute Gasteiger partial charge is 0.333 e. The number of rotatable bonds is 0. The van der Waals surface area contributed by atoms with Crippen LogP contribution >= 0.6 is 15.9 Å². The summed E-state index contributed by atoms with van der Waals surface area (Å²) in [6, 6.07) is 5.57. The highest BCUT2D eigenvalue weighted by Gasteiger charge is 2.56. The maximum absolute atomic E-state index is 12.1. The summed E-state index contributed by atoms with van der Waals surface area (Å²) in [5, 5.41) is 2.79. The van der Waals surface area contributed by atoms with Crippen molar-refractivity contribution >= 4 is 27.5 Å². The van der Waals surface area contributed by atoms with Gasteiger partial charge in [0.15, 0.2) is 0 Å². The van der Waals surface area contributed by atoms with E-state index in [1.807, 2.05) is 32.0 Å². The predicted molar refractivity (Wildman–Crippen MR) is 65.5 cm³/mol. The number of nitrogens with one attached hydrogen (secondary N) is 1. The molecule has 90 valence electrons. The lowest BCUT2D eigenvalue weighted by Gasteiger charge is -2.20. The van der Waals surface area contributed by atoms with Gasteiger partial charge in [-0.25, -0.2) is 0 Å². The van der Waals surface area contributed by atoms with E-state index in [4.69, 9.17) is 9.47 Å². The molecular formula is C12H12BrNO3. The number of carbonyl (C=O) groups excluding carboxylic acids is 1. The van der Waals surface area contributed by atoms with Crippen LogP contribution in [0, 0.1) is 0 Å². The number of hydrogen-bond acceptors (Lipinski definition) is 3. The molecule has 0 radical (unpaired) electrons. The molecule has 3 rings (SSSR count). The van der Waals surface area contributed by atoms with Crippen LogP contribution in [0.5, 0.6) is 0 Å². The zero-order valence-corrected chi connectivity index (χ0v) is 11.1. The van der Waals surface area contributed by atoms with E-state index in [0.717, 1.165) is 15.7 Å². The minimum atomic E-state index is -1.27. The van der Waals surface area contributed by atoms with Gasteiger partial charge in [0.2, 0.25) is 0 Å². The second-order valence-corrected chi connectivity index (χ2v) is 5.32. The molecule has 0 bridgehead atoms. The number of carbonyl (C=O) groups is 1. The second kappa shape index (κ2) is 3.54. The van der Waals surface area contributed by atoms with Crippen LogP contribution in [0.1, 0.15) is 19.4 Å². The molecule has 2 heterocycles. The molecular weight excluding hydrogens is 286 g/mol. The van der Waals surface area contributed by atoms with Crippen LogP contribution in [-0.2, 0) is 20.1 Å². The Morgan fingerprint density at radius 3 is 2.59 bits per heavy atom. The van der Waals surface area contributed by atoms with E-state index < -0.39 is 5.79 Å². The summed E-state index contributed by atoms with van der Waals surface area (Å²) in [7, 11) is 0. The quantitative estimate of drug-likeness (QED) is 0.800. The van der Waals surface area contributed by atoms with Gasteiger partial charge in [-0.3, -0.25) is 4.79 Å². The van der Waals surface area contributed by atoms with E-state index in [1.54, 1.807) is 0 Å². The van der Waals surface area contributed by atoms with Crippen LogP contribution in [0.2, 0.25) is 0 Å². The Balaban J connectivity index is 2.14. The maximum Gasteiger partial charge on any atom is 0.289 e. The van der Waals surface area contributed by atoms with Crippen molar-refractivity contribution in [2.24, 2.45) is 0 Å². The van der Waals surface area contributed by atoms with Gasteiger partial charge in [-0.1, -0.05) is 15.9 Å². The molecule has 17 heavy (non-hydrogen) atoms. The lowest BCUT2D eigenvalue weighted by atomic mass is 10.1. The Bertz CT molecular complexity index is 493. The van der Waals surface area contributed by atoms with E-state index in [1.165, 1.54) is 0 Å². The lowest BCUT2D eigenvalue weighted by molar-refractivity contribution is -0.187. The molecule has 2 aliphatic rings. The summed E-state index contributed by atoms with van der Waals surface area (Å²) < 4.78 is 12.4. The van der Waals surface area contributed by atoms with Gasteiger partial charge in [-0.2, -0.15) is 0 Å². The van der Waals surface area contributed by atoms with Gasteiger partial charge in [0.1, 0.15) is 0 Å². The first-order valence-electron chi connectivity index (χ1n) is 5.50. The van der Waals surface area contributed by atoms with Crippen LogP contribution in [-0.4, -0.2) is 18.1 Å². The number of amides is 1. The summed E-state index contributed by atoms with van der Waals surface area (Å²) in [5.41, 5.74) is 1.49. The summed E-state index contributed by atoms with van der Waals surface area (Å²) >= 11 is 3.40. The van der Waals surface area contributed by atoms with Crippen molar-refractivity contribution in [1.29, 1.82) is 0 Å². The number of fused-ring (bicyclic) bond motifs is 2. The van der Waals surface area contributed by atoms with E-state index in [2.05, 4.69) is 21.2 Å². The highest BCUT2D eigenvalue weighted by Crippen LogP contribution is 2.46. The molecule has 1 saturated heterocycles. The van der Waals surface area contributed by atoms with Crippen molar-refractivity contribution in [3.63, 3.8) is 0 Å². The standard InChI is InChI=1S/C12H12BrNO3/c1-6-7(2)17-12(16-6)9-5-8(13)3-4-10(9)14-11(12)15/h3-7H,1-2H3,(H,14,15). The molecule has 1 fully saturated rings. The zero-order valence-electron chi connectivity index (χ0n) is 9.49. The van der Waals surface area contributed by atoms with Gasteiger partial charge in [0.05, 0.1) is 17.9 Å². The first-order valence-corrected chi connectivity index (χ1v) is 6.29. The first kappa shape index (κ1) is 11.2. The third-order valence-electron chi connectivity index (χ3n) is 3.25. The summed E-state index contributed by atoms with van der Waals surface area (Å²) in [4.78, 5) is 12.1. The number of halogens is 1. The average molecular weight is 298 g/mol. The molecule has 1 aromatic rings. The van der Waals surface area contributed by atoms with Crippen LogP contribution in [0.25, 0.3) is 0 Å². The van der Waals surface area contributed by atoms with E-state index >= 15 is 0 Å². The molecule has 1 N–H and O–H groups in total. The molecule has 1 aromatic carbocycles. The highest BCUT2D eigenvalue weighted by atomic mass is 79.9. The summed E-state index contributed by atoms with van der Waals surface area (Å²) in [6.07, 6.45) is -0.212. The Morgan fingerprint density at radius 1 is 1.29 bits per heavy atom. The van der Waals surface area contributed by atoms with Gasteiger partial charge < -0.3 is 14.8 Å². The summed E-state index contributed by atoms with van der Waals surface area (Å²) in [6.45, 7) is 3.81. The number of benzene rings is 1. The number of hydrogen-bond donors (Lipinski definition) is 1. The Morgan fingerprint density at radius 2 is 1.94 bits per heavy atom.